The summed E-state index contributed by atoms with van der Waals surface area (Å²) in [7, 11) is 0. The summed E-state index contributed by atoms with van der Waals surface area (Å²) in [6.45, 7) is 8.32. The van der Waals surface area contributed by atoms with Crippen molar-refractivity contribution in [3.8, 4) is 17.2 Å². The third-order valence-electron chi connectivity index (χ3n) is 5.38. The van der Waals surface area contributed by atoms with Crippen LogP contribution in [-0.4, -0.2) is 55.3 Å². The Kier molecular flexibility index (Phi) is 5.96. The van der Waals surface area contributed by atoms with Gasteiger partial charge in [0, 0.05) is 37.2 Å². The Bertz CT molecular complexity index is 910. The third kappa shape index (κ3) is 4.67. The molecular formula is C22H25BrN2O4. The lowest BCUT2D eigenvalue weighted by Gasteiger charge is -2.34. The van der Waals surface area contributed by atoms with Crippen molar-refractivity contribution in [1.82, 2.24) is 9.80 Å². The number of amides is 1. The van der Waals surface area contributed by atoms with Crippen LogP contribution in [0.3, 0.4) is 0 Å². The van der Waals surface area contributed by atoms with Crippen LogP contribution in [0.15, 0.2) is 34.8 Å². The van der Waals surface area contributed by atoms with Gasteiger partial charge < -0.3 is 19.1 Å². The molecule has 2 aliphatic heterocycles. The molecule has 2 aliphatic rings. The average Bonchev–Trinajstić information content (AvgIpc) is 3.18. The van der Waals surface area contributed by atoms with Crippen molar-refractivity contribution < 1.29 is 19.0 Å². The molecule has 0 aromatic heterocycles. The fraction of sp³-hybridized carbons (Fsp3) is 0.409. The Hall–Kier alpha value is -2.25. The predicted molar refractivity (Wildman–Crippen MR) is 114 cm³/mol. The molecule has 0 radical (unpaired) electrons. The van der Waals surface area contributed by atoms with Crippen molar-refractivity contribution in [3.05, 3.63) is 51.5 Å². The maximum Gasteiger partial charge on any atom is 0.260 e. The molecule has 2 heterocycles. The van der Waals surface area contributed by atoms with Crippen LogP contribution in [0.4, 0.5) is 0 Å². The van der Waals surface area contributed by atoms with E-state index in [-0.39, 0.29) is 12.5 Å². The van der Waals surface area contributed by atoms with Crippen molar-refractivity contribution in [2.75, 3.05) is 39.6 Å². The van der Waals surface area contributed by atoms with Crippen molar-refractivity contribution in [2.45, 2.75) is 20.4 Å². The van der Waals surface area contributed by atoms with Gasteiger partial charge in [-0.1, -0.05) is 22.0 Å². The number of fused-ring (bicyclic) bond motifs is 1. The van der Waals surface area contributed by atoms with Crippen LogP contribution in [0.25, 0.3) is 0 Å². The lowest BCUT2D eigenvalue weighted by Crippen LogP contribution is -2.49. The van der Waals surface area contributed by atoms with Gasteiger partial charge in [0.15, 0.2) is 18.1 Å². The van der Waals surface area contributed by atoms with Gasteiger partial charge >= 0.3 is 0 Å². The van der Waals surface area contributed by atoms with E-state index in [2.05, 4.69) is 26.9 Å². The van der Waals surface area contributed by atoms with Crippen LogP contribution in [0.5, 0.6) is 17.2 Å². The van der Waals surface area contributed by atoms with Crippen molar-refractivity contribution in [3.63, 3.8) is 0 Å². The number of benzene rings is 2. The van der Waals surface area contributed by atoms with Gasteiger partial charge in [0.25, 0.3) is 5.91 Å². The summed E-state index contributed by atoms with van der Waals surface area (Å²) in [4.78, 5) is 16.8. The first-order valence-electron chi connectivity index (χ1n) is 9.78. The van der Waals surface area contributed by atoms with Gasteiger partial charge in [-0.05, 0) is 54.8 Å². The molecule has 0 bridgehead atoms. The summed E-state index contributed by atoms with van der Waals surface area (Å²) in [6.07, 6.45) is 0. The highest BCUT2D eigenvalue weighted by atomic mass is 79.9. The molecule has 7 heteroatoms. The lowest BCUT2D eigenvalue weighted by atomic mass is 10.1. The second-order valence-corrected chi connectivity index (χ2v) is 8.35. The molecule has 2 aromatic rings. The molecule has 4 rings (SSSR count). The van der Waals surface area contributed by atoms with Gasteiger partial charge in [-0.3, -0.25) is 9.69 Å². The second kappa shape index (κ2) is 8.63. The zero-order chi connectivity index (χ0) is 20.4. The first-order chi connectivity index (χ1) is 14.0. The highest BCUT2D eigenvalue weighted by molar-refractivity contribution is 9.10. The minimum atomic E-state index is 0.0349. The van der Waals surface area contributed by atoms with Gasteiger partial charge in [0.2, 0.25) is 6.79 Å². The van der Waals surface area contributed by atoms with Crippen LogP contribution >= 0.6 is 15.9 Å². The number of aryl methyl sites for hydroxylation is 2. The molecule has 2 aromatic carbocycles. The zero-order valence-electron chi connectivity index (χ0n) is 16.7. The smallest absolute Gasteiger partial charge is 0.260 e. The van der Waals surface area contributed by atoms with Gasteiger partial charge in [-0.2, -0.15) is 0 Å². The molecule has 6 nitrogen and oxygen atoms in total. The standard InChI is InChI=1S/C22H25BrN2O4/c1-15-10-20(16(2)9-18(15)23)27-13-22(26)25-7-5-24(6-8-25)12-17-3-4-19-21(11-17)29-14-28-19/h3-4,9-11H,5-8,12-14H2,1-2H3. The number of rotatable bonds is 5. The number of halogens is 1. The van der Waals surface area contributed by atoms with E-state index in [9.17, 15) is 4.79 Å². The Morgan fingerprint density at radius 2 is 1.79 bits per heavy atom. The van der Waals surface area contributed by atoms with E-state index >= 15 is 0 Å². The molecule has 1 amide bonds. The Morgan fingerprint density at radius 1 is 1.03 bits per heavy atom. The zero-order valence-corrected chi connectivity index (χ0v) is 18.3. The molecular weight excluding hydrogens is 436 g/mol. The first-order valence-corrected chi connectivity index (χ1v) is 10.6. The molecule has 0 aliphatic carbocycles. The fourth-order valence-electron chi connectivity index (χ4n) is 3.59. The molecule has 29 heavy (non-hydrogen) atoms. The van der Waals surface area contributed by atoms with E-state index < -0.39 is 0 Å². The van der Waals surface area contributed by atoms with Gasteiger partial charge in [0.1, 0.15) is 5.75 Å². The monoisotopic (exact) mass is 460 g/mol. The van der Waals surface area contributed by atoms with E-state index in [1.807, 2.05) is 43.0 Å². The third-order valence-corrected chi connectivity index (χ3v) is 6.23. The van der Waals surface area contributed by atoms with Crippen molar-refractivity contribution in [1.29, 1.82) is 0 Å². The van der Waals surface area contributed by atoms with Gasteiger partial charge in [-0.15, -0.1) is 0 Å². The van der Waals surface area contributed by atoms with Crippen LogP contribution < -0.4 is 14.2 Å². The van der Waals surface area contributed by atoms with Gasteiger partial charge in [0.05, 0.1) is 0 Å². The quantitative estimate of drug-likeness (QED) is 0.682. The number of carbonyl (C=O) groups excluding carboxylic acids is 1. The fourth-order valence-corrected chi connectivity index (χ4v) is 4.05. The molecule has 0 N–H and O–H groups in total. The topological polar surface area (TPSA) is 51.2 Å². The summed E-state index contributed by atoms with van der Waals surface area (Å²) < 4.78 is 17.7. The molecule has 0 saturated carbocycles. The Balaban J connectivity index is 1.26. The molecule has 0 spiro atoms. The van der Waals surface area contributed by atoms with Crippen LogP contribution in [-0.2, 0) is 11.3 Å². The normalized spacial score (nSPS) is 16.2. The summed E-state index contributed by atoms with van der Waals surface area (Å²) in [5.74, 6) is 2.42. The second-order valence-electron chi connectivity index (χ2n) is 7.50. The average molecular weight is 461 g/mol. The maximum absolute atomic E-state index is 12.6. The van der Waals surface area contributed by atoms with E-state index in [0.29, 0.717) is 19.9 Å². The summed E-state index contributed by atoms with van der Waals surface area (Å²) >= 11 is 3.52. The summed E-state index contributed by atoms with van der Waals surface area (Å²) in [5.41, 5.74) is 3.30. The van der Waals surface area contributed by atoms with E-state index in [4.69, 9.17) is 14.2 Å². The Labute approximate surface area is 179 Å². The summed E-state index contributed by atoms with van der Waals surface area (Å²) in [5, 5.41) is 0. The number of carbonyl (C=O) groups is 1. The number of piperazine rings is 1. The number of ether oxygens (including phenoxy) is 3. The van der Waals surface area contributed by atoms with E-state index in [1.54, 1.807) is 0 Å². The number of hydrogen-bond donors (Lipinski definition) is 0. The van der Waals surface area contributed by atoms with Crippen molar-refractivity contribution >= 4 is 21.8 Å². The highest BCUT2D eigenvalue weighted by Crippen LogP contribution is 2.33. The largest absolute Gasteiger partial charge is 0.483 e. The molecule has 0 unspecified atom stereocenters. The number of nitrogens with zero attached hydrogens (tertiary/aromatic N) is 2. The molecule has 0 atom stereocenters. The van der Waals surface area contributed by atoms with Crippen LogP contribution in [0, 0.1) is 13.8 Å². The molecule has 154 valence electrons. The SMILES string of the molecule is Cc1cc(OCC(=O)N2CCN(Cc3ccc4c(c3)OCO4)CC2)c(C)cc1Br. The van der Waals surface area contributed by atoms with Crippen LogP contribution in [0.2, 0.25) is 0 Å². The predicted octanol–water partition coefficient (Wildman–Crippen LogP) is 3.52. The first kappa shape index (κ1) is 20.0. The molecule has 1 fully saturated rings. The summed E-state index contributed by atoms with van der Waals surface area (Å²) in [6, 6.07) is 10.1. The minimum absolute atomic E-state index is 0.0349. The Morgan fingerprint density at radius 3 is 2.59 bits per heavy atom. The van der Waals surface area contributed by atoms with Crippen molar-refractivity contribution in [2.24, 2.45) is 0 Å². The minimum Gasteiger partial charge on any atom is -0.483 e. The number of hydrogen-bond acceptors (Lipinski definition) is 5. The van der Waals surface area contributed by atoms with Crippen LogP contribution in [0.1, 0.15) is 16.7 Å². The lowest BCUT2D eigenvalue weighted by molar-refractivity contribution is -0.135. The van der Waals surface area contributed by atoms with Gasteiger partial charge in [-0.25, -0.2) is 0 Å². The van der Waals surface area contributed by atoms with E-state index in [0.717, 1.165) is 52.5 Å². The highest BCUT2D eigenvalue weighted by Gasteiger charge is 2.22. The maximum atomic E-state index is 12.6. The molecule has 1 saturated heterocycles. The van der Waals surface area contributed by atoms with E-state index in [1.165, 1.54) is 5.56 Å².